The van der Waals surface area contributed by atoms with E-state index in [4.69, 9.17) is 4.42 Å². The molecule has 0 unspecified atom stereocenters. The van der Waals surface area contributed by atoms with Crippen LogP contribution in [0.5, 0.6) is 0 Å². The van der Waals surface area contributed by atoms with E-state index in [-0.39, 0.29) is 5.91 Å². The van der Waals surface area contributed by atoms with Gasteiger partial charge in [-0.3, -0.25) is 4.79 Å². The van der Waals surface area contributed by atoms with Crippen molar-refractivity contribution in [1.29, 1.82) is 0 Å². The molecule has 0 atom stereocenters. The Morgan fingerprint density at radius 3 is 2.80 bits per heavy atom. The summed E-state index contributed by atoms with van der Waals surface area (Å²) in [5.74, 6) is 0.917. The lowest BCUT2D eigenvalue weighted by Gasteiger charge is -2.22. The second-order valence-electron chi connectivity index (χ2n) is 5.16. The van der Waals surface area contributed by atoms with Crippen LogP contribution in [0.1, 0.15) is 34.5 Å². The molecule has 0 aliphatic heterocycles. The van der Waals surface area contributed by atoms with E-state index in [1.54, 1.807) is 6.26 Å². The molecule has 1 aliphatic rings. The van der Waals surface area contributed by atoms with Gasteiger partial charge < -0.3 is 9.32 Å². The molecule has 1 aliphatic carbocycles. The maximum atomic E-state index is 12.8. The molecule has 1 saturated carbocycles. The van der Waals surface area contributed by atoms with Gasteiger partial charge in [-0.05, 0) is 49.6 Å². The Bertz CT molecular complexity index is 617. The number of halogens is 1. The van der Waals surface area contributed by atoms with E-state index in [1.165, 1.54) is 0 Å². The first-order valence-electron chi connectivity index (χ1n) is 6.75. The Kier molecular flexibility index (Phi) is 3.66. The van der Waals surface area contributed by atoms with Crippen LogP contribution < -0.4 is 0 Å². The van der Waals surface area contributed by atoms with Crippen LogP contribution in [0.4, 0.5) is 0 Å². The van der Waals surface area contributed by atoms with Crippen LogP contribution in [0.2, 0.25) is 0 Å². The molecule has 1 aromatic carbocycles. The summed E-state index contributed by atoms with van der Waals surface area (Å²) in [6.07, 6.45) is 3.81. The molecule has 1 fully saturated rings. The smallest absolute Gasteiger partial charge is 0.254 e. The number of furan rings is 1. The quantitative estimate of drug-likeness (QED) is 0.841. The molecule has 0 spiro atoms. The molecule has 0 bridgehead atoms. The van der Waals surface area contributed by atoms with Gasteiger partial charge in [0.1, 0.15) is 5.76 Å². The standard InChI is InChI=1S/C16H16BrNO2/c1-11-14(5-2-6-15(11)17)16(19)18(12-7-8-12)10-13-4-3-9-20-13/h2-6,9,12H,7-8,10H2,1H3. The van der Waals surface area contributed by atoms with E-state index in [1.807, 2.05) is 42.2 Å². The lowest BCUT2D eigenvalue weighted by atomic mass is 10.1. The minimum absolute atomic E-state index is 0.0858. The molecule has 0 N–H and O–H groups in total. The van der Waals surface area contributed by atoms with Gasteiger partial charge in [0.05, 0.1) is 12.8 Å². The highest BCUT2D eigenvalue weighted by Gasteiger charge is 2.34. The molecule has 2 aromatic rings. The zero-order chi connectivity index (χ0) is 14.1. The van der Waals surface area contributed by atoms with E-state index in [9.17, 15) is 4.79 Å². The summed E-state index contributed by atoms with van der Waals surface area (Å²) in [7, 11) is 0. The van der Waals surface area contributed by atoms with Crippen molar-refractivity contribution in [2.75, 3.05) is 0 Å². The Morgan fingerprint density at radius 1 is 1.35 bits per heavy atom. The Labute approximate surface area is 126 Å². The van der Waals surface area contributed by atoms with Crippen LogP contribution in [0.25, 0.3) is 0 Å². The molecular formula is C16H16BrNO2. The first-order chi connectivity index (χ1) is 9.66. The highest BCUT2D eigenvalue weighted by atomic mass is 79.9. The molecule has 0 radical (unpaired) electrons. The minimum atomic E-state index is 0.0858. The number of carbonyl (C=O) groups is 1. The van der Waals surface area contributed by atoms with Crippen molar-refractivity contribution in [3.05, 3.63) is 58.0 Å². The second-order valence-corrected chi connectivity index (χ2v) is 6.01. The van der Waals surface area contributed by atoms with E-state index in [0.717, 1.165) is 34.2 Å². The summed E-state index contributed by atoms with van der Waals surface area (Å²) < 4.78 is 6.35. The molecular weight excluding hydrogens is 318 g/mol. The fourth-order valence-corrected chi connectivity index (χ4v) is 2.68. The summed E-state index contributed by atoms with van der Waals surface area (Å²) >= 11 is 3.49. The maximum absolute atomic E-state index is 12.8. The molecule has 3 rings (SSSR count). The molecule has 1 aromatic heterocycles. The molecule has 0 saturated heterocycles. The minimum Gasteiger partial charge on any atom is -0.467 e. The van der Waals surface area contributed by atoms with E-state index >= 15 is 0 Å². The Hall–Kier alpha value is -1.55. The number of hydrogen-bond acceptors (Lipinski definition) is 2. The van der Waals surface area contributed by atoms with Gasteiger partial charge in [0.25, 0.3) is 5.91 Å². The van der Waals surface area contributed by atoms with Crippen LogP contribution in [0.15, 0.2) is 45.5 Å². The summed E-state index contributed by atoms with van der Waals surface area (Å²) in [6.45, 7) is 2.51. The third kappa shape index (κ3) is 2.66. The second kappa shape index (κ2) is 5.44. The van der Waals surface area contributed by atoms with Crippen molar-refractivity contribution in [1.82, 2.24) is 4.90 Å². The van der Waals surface area contributed by atoms with Crippen molar-refractivity contribution in [3.8, 4) is 0 Å². The summed E-state index contributed by atoms with van der Waals surface area (Å²) in [4.78, 5) is 14.7. The predicted octanol–water partition coefficient (Wildman–Crippen LogP) is 4.16. The highest BCUT2D eigenvalue weighted by molar-refractivity contribution is 9.10. The number of amides is 1. The molecule has 3 nitrogen and oxygen atoms in total. The normalized spacial score (nSPS) is 14.3. The fraction of sp³-hybridized carbons (Fsp3) is 0.312. The number of hydrogen-bond donors (Lipinski definition) is 0. The molecule has 4 heteroatoms. The van der Waals surface area contributed by atoms with Gasteiger partial charge in [-0.15, -0.1) is 0 Å². The van der Waals surface area contributed by atoms with E-state index in [0.29, 0.717) is 12.6 Å². The number of carbonyl (C=O) groups excluding carboxylic acids is 1. The van der Waals surface area contributed by atoms with Gasteiger partial charge in [0, 0.05) is 16.1 Å². The van der Waals surface area contributed by atoms with Crippen molar-refractivity contribution in [2.24, 2.45) is 0 Å². The third-order valence-electron chi connectivity index (χ3n) is 3.65. The molecule has 104 valence electrons. The van der Waals surface area contributed by atoms with Gasteiger partial charge in [0.15, 0.2) is 0 Å². The first-order valence-corrected chi connectivity index (χ1v) is 7.54. The van der Waals surface area contributed by atoms with Gasteiger partial charge in [-0.1, -0.05) is 22.0 Å². The zero-order valence-electron chi connectivity index (χ0n) is 11.3. The average Bonchev–Trinajstić information content (AvgIpc) is 3.15. The number of nitrogens with zero attached hydrogens (tertiary/aromatic N) is 1. The van der Waals surface area contributed by atoms with Crippen LogP contribution in [-0.4, -0.2) is 16.8 Å². The maximum Gasteiger partial charge on any atom is 0.254 e. The van der Waals surface area contributed by atoms with Crippen molar-refractivity contribution in [2.45, 2.75) is 32.4 Å². The number of benzene rings is 1. The molecule has 20 heavy (non-hydrogen) atoms. The third-order valence-corrected chi connectivity index (χ3v) is 4.51. The van der Waals surface area contributed by atoms with Crippen molar-refractivity contribution >= 4 is 21.8 Å². The Morgan fingerprint density at radius 2 is 2.15 bits per heavy atom. The van der Waals surface area contributed by atoms with Crippen LogP contribution in [0, 0.1) is 6.92 Å². The van der Waals surface area contributed by atoms with Crippen molar-refractivity contribution in [3.63, 3.8) is 0 Å². The summed E-state index contributed by atoms with van der Waals surface area (Å²) in [6, 6.07) is 9.87. The SMILES string of the molecule is Cc1c(Br)cccc1C(=O)N(Cc1ccco1)C1CC1. The van der Waals surface area contributed by atoms with Gasteiger partial charge >= 0.3 is 0 Å². The molecule has 1 amide bonds. The lowest BCUT2D eigenvalue weighted by molar-refractivity contribution is 0.0716. The van der Waals surface area contributed by atoms with Gasteiger partial charge in [0.2, 0.25) is 0 Å². The monoisotopic (exact) mass is 333 g/mol. The topological polar surface area (TPSA) is 33.5 Å². The number of rotatable bonds is 4. The van der Waals surface area contributed by atoms with Crippen molar-refractivity contribution < 1.29 is 9.21 Å². The zero-order valence-corrected chi connectivity index (χ0v) is 12.9. The largest absolute Gasteiger partial charge is 0.467 e. The summed E-state index contributed by atoms with van der Waals surface area (Å²) in [5, 5.41) is 0. The fourth-order valence-electron chi connectivity index (χ4n) is 2.32. The average molecular weight is 334 g/mol. The molecule has 1 heterocycles. The van der Waals surface area contributed by atoms with Crippen LogP contribution in [-0.2, 0) is 6.54 Å². The first kappa shape index (κ1) is 13.4. The summed E-state index contributed by atoms with van der Waals surface area (Å²) in [5.41, 5.74) is 1.75. The van der Waals surface area contributed by atoms with Crippen LogP contribution >= 0.6 is 15.9 Å². The Balaban J connectivity index is 1.87. The van der Waals surface area contributed by atoms with E-state index in [2.05, 4.69) is 15.9 Å². The lowest BCUT2D eigenvalue weighted by Crippen LogP contribution is -2.33. The van der Waals surface area contributed by atoms with E-state index < -0.39 is 0 Å². The predicted molar refractivity (Wildman–Crippen MR) is 80.5 cm³/mol. The van der Waals surface area contributed by atoms with Gasteiger partial charge in [-0.2, -0.15) is 0 Å². The van der Waals surface area contributed by atoms with Gasteiger partial charge in [-0.25, -0.2) is 0 Å². The van der Waals surface area contributed by atoms with Crippen LogP contribution in [0.3, 0.4) is 0 Å². The highest BCUT2D eigenvalue weighted by Crippen LogP contribution is 2.31.